The standard InChI is InChI=1S/C16H14F3N3OS/c1-10(23)20-12-6-8-14(9-7-12)22-15(24)21-13-4-2-11(3-5-13)16(17,18)19/h2-9H,1H3,(H,20,23)(H2,21,22,24). The molecule has 0 aliphatic rings. The molecular weight excluding hydrogens is 339 g/mol. The van der Waals surface area contributed by atoms with E-state index in [1.54, 1.807) is 24.3 Å². The zero-order valence-corrected chi connectivity index (χ0v) is 13.4. The third-order valence-electron chi connectivity index (χ3n) is 2.93. The molecule has 3 N–H and O–H groups in total. The molecule has 24 heavy (non-hydrogen) atoms. The molecule has 0 atom stereocenters. The van der Waals surface area contributed by atoms with Crippen LogP contribution in [0.3, 0.4) is 0 Å². The van der Waals surface area contributed by atoms with E-state index < -0.39 is 11.7 Å². The predicted octanol–water partition coefficient (Wildman–Crippen LogP) is 4.47. The molecule has 0 aromatic heterocycles. The highest BCUT2D eigenvalue weighted by Gasteiger charge is 2.29. The third-order valence-corrected chi connectivity index (χ3v) is 3.14. The van der Waals surface area contributed by atoms with Crippen LogP contribution in [-0.4, -0.2) is 11.0 Å². The van der Waals surface area contributed by atoms with Gasteiger partial charge in [0.2, 0.25) is 5.91 Å². The highest BCUT2D eigenvalue weighted by atomic mass is 32.1. The normalized spacial score (nSPS) is 10.8. The second-order valence-electron chi connectivity index (χ2n) is 4.91. The highest BCUT2D eigenvalue weighted by Crippen LogP contribution is 2.29. The number of benzene rings is 2. The molecule has 2 aromatic carbocycles. The van der Waals surface area contributed by atoms with Gasteiger partial charge in [-0.25, -0.2) is 0 Å². The van der Waals surface area contributed by atoms with E-state index in [-0.39, 0.29) is 11.0 Å². The third kappa shape index (κ3) is 5.24. The van der Waals surface area contributed by atoms with Crippen molar-refractivity contribution in [3.05, 3.63) is 54.1 Å². The first-order valence-corrected chi connectivity index (χ1v) is 7.28. The molecule has 0 bridgehead atoms. The SMILES string of the molecule is CC(=O)Nc1ccc(NC(=S)Nc2ccc(C(F)(F)F)cc2)cc1. The fourth-order valence-corrected chi connectivity index (χ4v) is 2.11. The Morgan fingerprint density at radius 1 is 0.833 bits per heavy atom. The average Bonchev–Trinajstić information content (AvgIpc) is 2.48. The fraction of sp³-hybridized carbons (Fsp3) is 0.125. The van der Waals surface area contributed by atoms with Crippen LogP contribution in [0.4, 0.5) is 30.2 Å². The van der Waals surface area contributed by atoms with E-state index in [1.165, 1.54) is 19.1 Å². The second-order valence-corrected chi connectivity index (χ2v) is 5.32. The summed E-state index contributed by atoms with van der Waals surface area (Å²) in [5.41, 5.74) is 1.04. The van der Waals surface area contributed by atoms with Crippen molar-refractivity contribution >= 4 is 40.3 Å². The monoisotopic (exact) mass is 353 g/mol. The van der Waals surface area contributed by atoms with Gasteiger partial charge in [-0.1, -0.05) is 0 Å². The number of hydrogen-bond donors (Lipinski definition) is 3. The summed E-state index contributed by atoms with van der Waals surface area (Å²) in [6.07, 6.45) is -4.37. The Balaban J connectivity index is 1.94. The van der Waals surface area contributed by atoms with Gasteiger partial charge in [-0.3, -0.25) is 4.79 Å². The molecule has 0 heterocycles. The van der Waals surface area contributed by atoms with E-state index in [0.717, 1.165) is 12.1 Å². The minimum atomic E-state index is -4.37. The van der Waals surface area contributed by atoms with Crippen molar-refractivity contribution in [2.75, 3.05) is 16.0 Å². The number of carbonyl (C=O) groups is 1. The van der Waals surface area contributed by atoms with Gasteiger partial charge in [0.05, 0.1) is 5.56 Å². The minimum Gasteiger partial charge on any atom is -0.332 e. The molecular formula is C16H14F3N3OS. The quantitative estimate of drug-likeness (QED) is 0.713. The zero-order chi connectivity index (χ0) is 17.7. The lowest BCUT2D eigenvalue weighted by Crippen LogP contribution is -2.19. The summed E-state index contributed by atoms with van der Waals surface area (Å²) in [6, 6.07) is 11.4. The van der Waals surface area contributed by atoms with Crippen LogP contribution in [0.25, 0.3) is 0 Å². The molecule has 2 aromatic rings. The van der Waals surface area contributed by atoms with Crippen LogP contribution >= 0.6 is 12.2 Å². The van der Waals surface area contributed by atoms with Gasteiger partial charge < -0.3 is 16.0 Å². The number of nitrogens with one attached hydrogen (secondary N) is 3. The van der Waals surface area contributed by atoms with Crippen molar-refractivity contribution in [2.24, 2.45) is 0 Å². The van der Waals surface area contributed by atoms with Crippen LogP contribution in [0.5, 0.6) is 0 Å². The maximum Gasteiger partial charge on any atom is 0.416 e. The van der Waals surface area contributed by atoms with Crippen molar-refractivity contribution in [3.63, 3.8) is 0 Å². The molecule has 2 rings (SSSR count). The number of alkyl halides is 3. The van der Waals surface area contributed by atoms with Crippen molar-refractivity contribution in [2.45, 2.75) is 13.1 Å². The summed E-state index contributed by atoms with van der Waals surface area (Å²) < 4.78 is 37.5. The van der Waals surface area contributed by atoms with E-state index in [2.05, 4.69) is 16.0 Å². The number of halogens is 3. The molecule has 0 radical (unpaired) electrons. The first-order chi connectivity index (χ1) is 11.2. The number of carbonyl (C=O) groups excluding carboxylic acids is 1. The van der Waals surface area contributed by atoms with E-state index in [9.17, 15) is 18.0 Å². The Bertz CT molecular complexity index is 728. The molecule has 8 heteroatoms. The average molecular weight is 353 g/mol. The summed E-state index contributed by atoms with van der Waals surface area (Å²) in [6.45, 7) is 1.41. The maximum atomic E-state index is 12.5. The van der Waals surface area contributed by atoms with Crippen LogP contribution in [-0.2, 0) is 11.0 Å². The van der Waals surface area contributed by atoms with Crippen molar-refractivity contribution in [1.82, 2.24) is 0 Å². The van der Waals surface area contributed by atoms with E-state index in [0.29, 0.717) is 17.1 Å². The number of hydrogen-bond acceptors (Lipinski definition) is 2. The van der Waals surface area contributed by atoms with E-state index in [4.69, 9.17) is 12.2 Å². The lowest BCUT2D eigenvalue weighted by Gasteiger charge is -2.12. The first kappa shape index (κ1) is 17.7. The van der Waals surface area contributed by atoms with Gasteiger partial charge in [-0.15, -0.1) is 0 Å². The number of thiocarbonyl (C=S) groups is 1. The summed E-state index contributed by atoms with van der Waals surface area (Å²) in [5.74, 6) is -0.171. The van der Waals surface area contributed by atoms with Crippen LogP contribution in [0.1, 0.15) is 12.5 Å². The summed E-state index contributed by atoms with van der Waals surface area (Å²) in [7, 11) is 0. The van der Waals surface area contributed by atoms with Gasteiger partial charge in [-0.05, 0) is 60.7 Å². The molecule has 0 saturated heterocycles. The van der Waals surface area contributed by atoms with Crippen LogP contribution < -0.4 is 16.0 Å². The minimum absolute atomic E-state index is 0.171. The lowest BCUT2D eigenvalue weighted by molar-refractivity contribution is -0.137. The van der Waals surface area contributed by atoms with Crippen molar-refractivity contribution in [1.29, 1.82) is 0 Å². The Kier molecular flexibility index (Phi) is 5.40. The van der Waals surface area contributed by atoms with Crippen molar-refractivity contribution < 1.29 is 18.0 Å². The molecule has 0 aliphatic heterocycles. The second kappa shape index (κ2) is 7.31. The molecule has 0 unspecified atom stereocenters. The Morgan fingerprint density at radius 2 is 1.21 bits per heavy atom. The number of amides is 1. The Morgan fingerprint density at radius 3 is 1.58 bits per heavy atom. The van der Waals surface area contributed by atoms with Gasteiger partial charge in [0.25, 0.3) is 0 Å². The first-order valence-electron chi connectivity index (χ1n) is 6.87. The van der Waals surface area contributed by atoms with E-state index >= 15 is 0 Å². The summed E-state index contributed by atoms with van der Waals surface area (Å²) >= 11 is 5.11. The molecule has 4 nitrogen and oxygen atoms in total. The van der Waals surface area contributed by atoms with Crippen LogP contribution in [0.15, 0.2) is 48.5 Å². The van der Waals surface area contributed by atoms with Gasteiger partial charge in [0, 0.05) is 24.0 Å². The smallest absolute Gasteiger partial charge is 0.332 e. The largest absolute Gasteiger partial charge is 0.416 e. The number of anilines is 3. The molecule has 126 valence electrons. The van der Waals surface area contributed by atoms with E-state index in [1.807, 2.05) is 0 Å². The highest BCUT2D eigenvalue weighted by molar-refractivity contribution is 7.80. The van der Waals surface area contributed by atoms with Gasteiger partial charge >= 0.3 is 6.18 Å². The molecule has 0 spiro atoms. The Labute approximate surface area is 142 Å². The Hall–Kier alpha value is -2.61. The van der Waals surface area contributed by atoms with Crippen LogP contribution in [0.2, 0.25) is 0 Å². The fourth-order valence-electron chi connectivity index (χ4n) is 1.88. The molecule has 0 fully saturated rings. The van der Waals surface area contributed by atoms with Crippen LogP contribution in [0, 0.1) is 0 Å². The molecule has 0 saturated carbocycles. The molecule has 0 aliphatic carbocycles. The van der Waals surface area contributed by atoms with Gasteiger partial charge in [0.15, 0.2) is 5.11 Å². The summed E-state index contributed by atoms with van der Waals surface area (Å²) in [4.78, 5) is 10.9. The lowest BCUT2D eigenvalue weighted by atomic mass is 10.2. The van der Waals surface area contributed by atoms with Crippen molar-refractivity contribution in [3.8, 4) is 0 Å². The van der Waals surface area contributed by atoms with Gasteiger partial charge in [0.1, 0.15) is 0 Å². The topological polar surface area (TPSA) is 53.2 Å². The maximum absolute atomic E-state index is 12.5. The predicted molar refractivity (Wildman–Crippen MR) is 92.0 cm³/mol. The van der Waals surface area contributed by atoms with Gasteiger partial charge in [-0.2, -0.15) is 13.2 Å². The molecule has 1 amide bonds. The zero-order valence-electron chi connectivity index (χ0n) is 12.6. The summed E-state index contributed by atoms with van der Waals surface area (Å²) in [5, 5.41) is 8.57. The number of rotatable bonds is 3.